The number of carbonyl (C=O) groups is 2. The number of amides is 1. The van der Waals surface area contributed by atoms with Gasteiger partial charge in [-0.1, -0.05) is 17.8 Å². The summed E-state index contributed by atoms with van der Waals surface area (Å²) in [6.45, 7) is 0. The summed E-state index contributed by atoms with van der Waals surface area (Å²) < 4.78 is 0. The fraction of sp³-hybridized carbons (Fsp3) is 0.286. The zero-order valence-electron chi connectivity index (χ0n) is 11.1. The summed E-state index contributed by atoms with van der Waals surface area (Å²) >= 11 is 1.01. The van der Waals surface area contributed by atoms with E-state index in [4.69, 9.17) is 0 Å². The van der Waals surface area contributed by atoms with Gasteiger partial charge in [0.1, 0.15) is 4.88 Å². The number of thiazole rings is 1. The quantitative estimate of drug-likeness (QED) is 0.906. The second-order valence-corrected chi connectivity index (χ2v) is 5.86. The van der Waals surface area contributed by atoms with Gasteiger partial charge in [-0.05, 0) is 25.0 Å². The third-order valence-corrected chi connectivity index (χ3v) is 4.48. The Morgan fingerprint density at radius 2 is 2.00 bits per heavy atom. The minimum atomic E-state index is -0.987. The molecule has 0 radical (unpaired) electrons. The molecule has 108 valence electrons. The normalized spacial score (nSPS) is 14.5. The summed E-state index contributed by atoms with van der Waals surface area (Å²) in [4.78, 5) is 31.7. The van der Waals surface area contributed by atoms with Crippen LogP contribution in [0.15, 0.2) is 24.5 Å². The summed E-state index contributed by atoms with van der Waals surface area (Å²) in [6.07, 6.45) is 6.07. The Kier molecular flexibility index (Phi) is 3.66. The fourth-order valence-corrected chi connectivity index (χ4v) is 3.05. The molecule has 1 fully saturated rings. The average molecular weight is 303 g/mol. The molecule has 21 heavy (non-hydrogen) atoms. The van der Waals surface area contributed by atoms with Gasteiger partial charge in [0.25, 0.3) is 5.91 Å². The predicted molar refractivity (Wildman–Crippen MR) is 77.9 cm³/mol. The van der Waals surface area contributed by atoms with Crippen LogP contribution in [0.4, 0.5) is 5.13 Å². The van der Waals surface area contributed by atoms with Gasteiger partial charge < -0.3 is 5.11 Å². The molecule has 1 aliphatic rings. The van der Waals surface area contributed by atoms with Gasteiger partial charge in [-0.2, -0.15) is 0 Å². The first kappa shape index (κ1) is 13.7. The van der Waals surface area contributed by atoms with Gasteiger partial charge in [0.2, 0.25) is 0 Å². The van der Waals surface area contributed by atoms with Crippen LogP contribution in [0.1, 0.15) is 50.9 Å². The molecule has 2 N–H and O–H groups in total. The maximum atomic E-state index is 12.0. The van der Waals surface area contributed by atoms with Crippen LogP contribution in [-0.4, -0.2) is 27.0 Å². The summed E-state index contributed by atoms with van der Waals surface area (Å²) in [5.74, 6) is -1.10. The average Bonchev–Trinajstić information content (AvgIpc) is 2.81. The van der Waals surface area contributed by atoms with E-state index in [1.54, 1.807) is 12.1 Å². The largest absolute Gasteiger partial charge is 0.477 e. The second-order valence-electron chi connectivity index (χ2n) is 4.86. The fourth-order valence-electron chi connectivity index (χ4n) is 2.17. The third kappa shape index (κ3) is 2.78. The van der Waals surface area contributed by atoms with Crippen molar-refractivity contribution in [3.05, 3.63) is 40.7 Å². The van der Waals surface area contributed by atoms with Crippen LogP contribution in [0, 0.1) is 0 Å². The van der Waals surface area contributed by atoms with Crippen molar-refractivity contribution >= 4 is 28.3 Å². The molecule has 0 spiro atoms. The Labute approximate surface area is 124 Å². The van der Waals surface area contributed by atoms with Gasteiger partial charge >= 0.3 is 5.97 Å². The molecule has 1 amide bonds. The molecule has 2 aromatic rings. The summed E-state index contributed by atoms with van der Waals surface area (Å²) in [5.41, 5.74) is 1.06. The van der Waals surface area contributed by atoms with Gasteiger partial charge in [-0.25, -0.2) is 9.78 Å². The molecule has 1 saturated carbocycles. The van der Waals surface area contributed by atoms with E-state index in [-0.39, 0.29) is 16.7 Å². The van der Waals surface area contributed by atoms with Crippen LogP contribution in [0.3, 0.4) is 0 Å². The van der Waals surface area contributed by atoms with Crippen molar-refractivity contribution in [3.63, 3.8) is 0 Å². The number of nitrogens with one attached hydrogen (secondary N) is 1. The lowest BCUT2D eigenvalue weighted by Crippen LogP contribution is -2.14. The number of aromatic nitrogens is 2. The summed E-state index contributed by atoms with van der Waals surface area (Å²) in [7, 11) is 0. The Hall–Kier alpha value is -2.28. The number of aromatic carboxylic acids is 1. The molecule has 2 heterocycles. The molecule has 3 rings (SSSR count). The van der Waals surface area contributed by atoms with E-state index in [1.807, 2.05) is 0 Å². The second kappa shape index (κ2) is 5.61. The molecule has 0 bridgehead atoms. The van der Waals surface area contributed by atoms with Crippen LogP contribution in [0.25, 0.3) is 0 Å². The Morgan fingerprint density at radius 1 is 1.29 bits per heavy atom. The highest BCUT2D eigenvalue weighted by Gasteiger charge is 2.29. The number of carboxylic acids is 1. The lowest BCUT2D eigenvalue weighted by Gasteiger charge is -2.23. The summed E-state index contributed by atoms with van der Waals surface area (Å²) in [5, 5.41) is 12.2. The molecule has 6 nitrogen and oxygen atoms in total. The monoisotopic (exact) mass is 303 g/mol. The van der Waals surface area contributed by atoms with Crippen molar-refractivity contribution in [1.82, 2.24) is 9.97 Å². The van der Waals surface area contributed by atoms with Crippen LogP contribution in [0.5, 0.6) is 0 Å². The Morgan fingerprint density at radius 3 is 2.57 bits per heavy atom. The van der Waals surface area contributed by atoms with Crippen LogP contribution in [0.2, 0.25) is 0 Å². The van der Waals surface area contributed by atoms with E-state index in [0.717, 1.165) is 30.6 Å². The van der Waals surface area contributed by atoms with Gasteiger partial charge in [0, 0.05) is 23.9 Å². The van der Waals surface area contributed by atoms with Gasteiger partial charge in [-0.15, -0.1) is 0 Å². The predicted octanol–water partition coefficient (Wildman–Crippen LogP) is 2.76. The Balaban J connectivity index is 1.82. The molecule has 2 aromatic heterocycles. The van der Waals surface area contributed by atoms with Crippen molar-refractivity contribution in [3.8, 4) is 0 Å². The van der Waals surface area contributed by atoms with E-state index >= 15 is 0 Å². The molecule has 0 aromatic carbocycles. The first-order valence-electron chi connectivity index (χ1n) is 6.60. The minimum Gasteiger partial charge on any atom is -0.477 e. The molecular weight excluding hydrogens is 290 g/mol. The first-order chi connectivity index (χ1) is 10.1. The summed E-state index contributed by atoms with van der Waals surface area (Å²) in [6, 6.07) is 3.18. The molecule has 0 aliphatic heterocycles. The van der Waals surface area contributed by atoms with Crippen LogP contribution >= 0.6 is 11.3 Å². The van der Waals surface area contributed by atoms with Gasteiger partial charge in [-0.3, -0.25) is 15.1 Å². The standard InChI is InChI=1S/C14H13N3O3S/c18-12(9-4-6-15-7-5-9)17-14-16-10(8-2-1-3-8)11(21-14)13(19)20/h4-8H,1-3H2,(H,19,20)(H,16,17,18). The van der Waals surface area contributed by atoms with E-state index in [9.17, 15) is 14.7 Å². The number of nitrogens with zero attached hydrogens (tertiary/aromatic N) is 2. The molecule has 0 atom stereocenters. The van der Waals surface area contributed by atoms with Crippen molar-refractivity contribution < 1.29 is 14.7 Å². The molecule has 0 unspecified atom stereocenters. The van der Waals surface area contributed by atoms with Crippen molar-refractivity contribution in [2.75, 3.05) is 5.32 Å². The number of anilines is 1. The number of carbonyl (C=O) groups excluding carboxylic acids is 1. The van der Waals surface area contributed by atoms with Crippen LogP contribution < -0.4 is 5.32 Å². The minimum absolute atomic E-state index is 0.207. The maximum Gasteiger partial charge on any atom is 0.347 e. The Bertz CT molecular complexity index is 680. The SMILES string of the molecule is O=C(Nc1nc(C2CCC2)c(C(=O)O)s1)c1ccncc1. The van der Waals surface area contributed by atoms with Crippen molar-refractivity contribution in [2.24, 2.45) is 0 Å². The number of carboxylic acid groups (broad SMARTS) is 1. The van der Waals surface area contributed by atoms with E-state index in [0.29, 0.717) is 16.4 Å². The van der Waals surface area contributed by atoms with Crippen LogP contribution in [-0.2, 0) is 0 Å². The van der Waals surface area contributed by atoms with Gasteiger partial charge in [0.05, 0.1) is 5.69 Å². The molecule has 0 saturated heterocycles. The zero-order valence-corrected chi connectivity index (χ0v) is 11.9. The molecule has 7 heteroatoms. The number of hydrogen-bond acceptors (Lipinski definition) is 5. The first-order valence-corrected chi connectivity index (χ1v) is 7.42. The number of pyridine rings is 1. The maximum absolute atomic E-state index is 12.0. The third-order valence-electron chi connectivity index (χ3n) is 3.50. The highest BCUT2D eigenvalue weighted by molar-refractivity contribution is 7.17. The van der Waals surface area contributed by atoms with E-state index in [1.165, 1.54) is 12.4 Å². The number of rotatable bonds is 4. The van der Waals surface area contributed by atoms with Crippen molar-refractivity contribution in [2.45, 2.75) is 25.2 Å². The highest BCUT2D eigenvalue weighted by atomic mass is 32.1. The van der Waals surface area contributed by atoms with E-state index in [2.05, 4.69) is 15.3 Å². The van der Waals surface area contributed by atoms with E-state index < -0.39 is 5.97 Å². The lowest BCUT2D eigenvalue weighted by atomic mass is 9.82. The zero-order chi connectivity index (χ0) is 14.8. The lowest BCUT2D eigenvalue weighted by molar-refractivity contribution is 0.0699. The number of hydrogen-bond donors (Lipinski definition) is 2. The molecular formula is C14H13N3O3S. The van der Waals surface area contributed by atoms with Gasteiger partial charge in [0.15, 0.2) is 5.13 Å². The topological polar surface area (TPSA) is 92.2 Å². The van der Waals surface area contributed by atoms with Crippen molar-refractivity contribution in [1.29, 1.82) is 0 Å². The highest BCUT2D eigenvalue weighted by Crippen LogP contribution is 2.40. The molecule has 1 aliphatic carbocycles. The smallest absolute Gasteiger partial charge is 0.347 e.